The van der Waals surface area contributed by atoms with Gasteiger partial charge >= 0.3 is 5.63 Å². The van der Waals surface area contributed by atoms with E-state index in [2.05, 4.69) is 52.3 Å². The first kappa shape index (κ1) is 29.3. The van der Waals surface area contributed by atoms with Crippen LogP contribution in [0.4, 0.5) is 5.69 Å². The van der Waals surface area contributed by atoms with Gasteiger partial charge in [0.2, 0.25) is 0 Å². The highest BCUT2D eigenvalue weighted by Crippen LogP contribution is 2.46. The zero-order valence-corrected chi connectivity index (χ0v) is 25.5. The molecule has 1 saturated heterocycles. The topological polar surface area (TPSA) is 64.4 Å². The summed E-state index contributed by atoms with van der Waals surface area (Å²) >= 11 is 0. The van der Waals surface area contributed by atoms with E-state index in [9.17, 15) is 4.79 Å². The summed E-state index contributed by atoms with van der Waals surface area (Å²) in [5.41, 5.74) is 4.94. The maximum Gasteiger partial charge on any atom is 0.336 e. The molecule has 0 spiro atoms. The van der Waals surface area contributed by atoms with Crippen molar-refractivity contribution in [2.75, 3.05) is 59.0 Å². The minimum atomic E-state index is -0.418. The van der Waals surface area contributed by atoms with Gasteiger partial charge in [0, 0.05) is 61.0 Å². The molecule has 0 amide bonds. The molecule has 0 radical (unpaired) electrons. The van der Waals surface area contributed by atoms with Crippen molar-refractivity contribution in [3.63, 3.8) is 0 Å². The van der Waals surface area contributed by atoms with Gasteiger partial charge in [-0.05, 0) is 48.4 Å². The summed E-state index contributed by atoms with van der Waals surface area (Å²) in [6.07, 6.45) is 0.800. The lowest BCUT2D eigenvalue weighted by Gasteiger charge is -2.36. The highest BCUT2D eigenvalue weighted by molar-refractivity contribution is 6.00. The minimum absolute atomic E-state index is 0.120. The molecule has 226 valence electrons. The van der Waals surface area contributed by atoms with Gasteiger partial charge in [0.25, 0.3) is 0 Å². The summed E-state index contributed by atoms with van der Waals surface area (Å²) in [6.45, 7) is 4.76. The fraction of sp³-hybridized carbons (Fsp3) is 0.270. The van der Waals surface area contributed by atoms with Crippen LogP contribution in [0, 0.1) is 0 Å². The summed E-state index contributed by atoms with van der Waals surface area (Å²) < 4.78 is 23.4. The SMILES string of the molecule is COc1ccc([C@@H](CCN2CCN(c3ccccc3)CC2)c2c(OC)cc(OC)c3c(-c4ccccc4)cc(=O)oc23)cc1. The number of rotatable bonds is 10. The third kappa shape index (κ3) is 6.01. The summed E-state index contributed by atoms with van der Waals surface area (Å²) in [5.74, 6) is 1.88. The Balaban J connectivity index is 1.42. The predicted molar refractivity (Wildman–Crippen MR) is 176 cm³/mol. The van der Waals surface area contributed by atoms with Crippen LogP contribution in [-0.4, -0.2) is 59.0 Å². The number of hydrogen-bond donors (Lipinski definition) is 0. The molecule has 7 heteroatoms. The van der Waals surface area contributed by atoms with Gasteiger partial charge in [-0.2, -0.15) is 0 Å². The maximum absolute atomic E-state index is 13.1. The van der Waals surface area contributed by atoms with Crippen LogP contribution in [0.5, 0.6) is 17.2 Å². The van der Waals surface area contributed by atoms with Gasteiger partial charge in [-0.25, -0.2) is 4.79 Å². The Labute approximate surface area is 258 Å². The highest BCUT2D eigenvalue weighted by atomic mass is 16.5. The molecule has 1 aliphatic rings. The van der Waals surface area contributed by atoms with Crippen molar-refractivity contribution in [2.45, 2.75) is 12.3 Å². The first-order valence-corrected chi connectivity index (χ1v) is 15.0. The van der Waals surface area contributed by atoms with Crippen LogP contribution in [0.2, 0.25) is 0 Å². The standard InChI is InChI=1S/C37H38N2O5/c1-41-29-16-14-27(15-17-29)30(18-19-38-20-22-39(23-21-38)28-12-8-5-9-13-28)35-32(42-2)25-33(43-3)36-31(24-34(40)44-37(35)36)26-10-6-4-7-11-26/h4-17,24-25,30H,18-23H2,1-3H3/t30-/m1/s1. The van der Waals surface area contributed by atoms with E-state index in [0.29, 0.717) is 17.1 Å². The molecule has 1 aliphatic heterocycles. The number of methoxy groups -OCH3 is 3. The largest absolute Gasteiger partial charge is 0.497 e. The Hall–Kier alpha value is -4.75. The second-order valence-corrected chi connectivity index (χ2v) is 11.0. The van der Waals surface area contributed by atoms with E-state index in [1.807, 2.05) is 48.5 Å². The van der Waals surface area contributed by atoms with Crippen molar-refractivity contribution in [3.05, 3.63) is 119 Å². The first-order chi connectivity index (χ1) is 21.6. The van der Waals surface area contributed by atoms with Crippen molar-refractivity contribution in [1.29, 1.82) is 0 Å². The lowest BCUT2D eigenvalue weighted by Crippen LogP contribution is -2.46. The van der Waals surface area contributed by atoms with Crippen LogP contribution in [0.1, 0.15) is 23.5 Å². The first-order valence-electron chi connectivity index (χ1n) is 15.0. The molecule has 5 aromatic rings. The maximum atomic E-state index is 13.1. The van der Waals surface area contributed by atoms with Crippen molar-refractivity contribution < 1.29 is 18.6 Å². The molecule has 4 aromatic carbocycles. The number of para-hydroxylation sites is 1. The lowest BCUT2D eigenvalue weighted by molar-refractivity contribution is 0.251. The van der Waals surface area contributed by atoms with E-state index < -0.39 is 5.63 Å². The molecular formula is C37H38N2O5. The summed E-state index contributed by atoms with van der Waals surface area (Å²) in [4.78, 5) is 18.1. The van der Waals surface area contributed by atoms with Gasteiger partial charge < -0.3 is 23.5 Å². The third-order valence-electron chi connectivity index (χ3n) is 8.60. The summed E-state index contributed by atoms with van der Waals surface area (Å²) in [6, 6.07) is 32.1. The van der Waals surface area contributed by atoms with Gasteiger partial charge in [0.1, 0.15) is 22.8 Å². The molecule has 1 aromatic heterocycles. The van der Waals surface area contributed by atoms with E-state index in [1.54, 1.807) is 27.4 Å². The molecule has 1 atom stereocenters. The van der Waals surface area contributed by atoms with Crippen molar-refractivity contribution >= 4 is 16.7 Å². The molecule has 2 heterocycles. The van der Waals surface area contributed by atoms with Gasteiger partial charge in [-0.15, -0.1) is 0 Å². The quantitative estimate of drug-likeness (QED) is 0.165. The number of anilines is 1. The van der Waals surface area contributed by atoms with Crippen LogP contribution in [0.25, 0.3) is 22.1 Å². The summed E-state index contributed by atoms with van der Waals surface area (Å²) in [7, 11) is 4.95. The molecule has 0 N–H and O–H groups in total. The molecule has 0 unspecified atom stereocenters. The van der Waals surface area contributed by atoms with Gasteiger partial charge in [0.15, 0.2) is 0 Å². The Morgan fingerprint density at radius 1 is 0.750 bits per heavy atom. The number of nitrogens with zero attached hydrogens (tertiary/aromatic N) is 2. The van der Waals surface area contributed by atoms with E-state index in [4.69, 9.17) is 18.6 Å². The molecule has 6 rings (SSSR count). The van der Waals surface area contributed by atoms with Crippen molar-refractivity contribution in [3.8, 4) is 28.4 Å². The van der Waals surface area contributed by atoms with Gasteiger partial charge in [0.05, 0.1) is 26.7 Å². The average Bonchev–Trinajstić information content (AvgIpc) is 3.09. The number of fused-ring (bicyclic) bond motifs is 1. The summed E-state index contributed by atoms with van der Waals surface area (Å²) in [5, 5.41) is 0.754. The van der Waals surface area contributed by atoms with Crippen LogP contribution >= 0.6 is 0 Å². The lowest BCUT2D eigenvalue weighted by atomic mass is 9.85. The highest BCUT2D eigenvalue weighted by Gasteiger charge is 2.28. The fourth-order valence-electron chi connectivity index (χ4n) is 6.31. The molecule has 44 heavy (non-hydrogen) atoms. The number of piperazine rings is 1. The van der Waals surface area contributed by atoms with E-state index in [-0.39, 0.29) is 5.92 Å². The van der Waals surface area contributed by atoms with Crippen LogP contribution < -0.4 is 24.7 Å². The monoisotopic (exact) mass is 590 g/mol. The van der Waals surface area contributed by atoms with Gasteiger partial charge in [-0.1, -0.05) is 60.7 Å². The zero-order chi connectivity index (χ0) is 30.5. The van der Waals surface area contributed by atoms with E-state index in [1.165, 1.54) is 5.69 Å². The molecule has 0 aliphatic carbocycles. The fourth-order valence-corrected chi connectivity index (χ4v) is 6.31. The van der Waals surface area contributed by atoms with Crippen LogP contribution in [0.3, 0.4) is 0 Å². The number of benzene rings is 4. The molecule has 0 bridgehead atoms. The normalized spacial score (nSPS) is 14.4. The Morgan fingerprint density at radius 2 is 1.41 bits per heavy atom. The second-order valence-electron chi connectivity index (χ2n) is 11.0. The predicted octanol–water partition coefficient (Wildman–Crippen LogP) is 6.83. The van der Waals surface area contributed by atoms with Crippen LogP contribution in [0.15, 0.2) is 106 Å². The van der Waals surface area contributed by atoms with E-state index in [0.717, 1.165) is 72.5 Å². The van der Waals surface area contributed by atoms with E-state index >= 15 is 0 Å². The Morgan fingerprint density at radius 3 is 2.05 bits per heavy atom. The molecule has 7 nitrogen and oxygen atoms in total. The zero-order valence-electron chi connectivity index (χ0n) is 25.5. The average molecular weight is 591 g/mol. The molecule has 0 saturated carbocycles. The smallest absolute Gasteiger partial charge is 0.336 e. The van der Waals surface area contributed by atoms with Crippen molar-refractivity contribution in [2.24, 2.45) is 0 Å². The number of ether oxygens (including phenoxy) is 3. The van der Waals surface area contributed by atoms with Crippen LogP contribution in [-0.2, 0) is 0 Å². The minimum Gasteiger partial charge on any atom is -0.497 e. The third-order valence-corrected chi connectivity index (χ3v) is 8.60. The Bertz CT molecular complexity index is 1750. The Kier molecular flexibility index (Phi) is 8.84. The molecular weight excluding hydrogens is 552 g/mol. The van der Waals surface area contributed by atoms with Crippen molar-refractivity contribution in [1.82, 2.24) is 4.90 Å². The molecule has 1 fully saturated rings. The van der Waals surface area contributed by atoms with Gasteiger partial charge in [-0.3, -0.25) is 4.90 Å². The number of hydrogen-bond acceptors (Lipinski definition) is 7. The second kappa shape index (κ2) is 13.3.